The fraction of sp³-hybridized carbons (Fsp3) is 0.316. The van der Waals surface area contributed by atoms with Gasteiger partial charge >= 0.3 is 0 Å². The maximum absolute atomic E-state index is 12.7. The molecule has 0 radical (unpaired) electrons. The first-order chi connectivity index (χ1) is 12.7. The minimum absolute atomic E-state index is 0.102. The number of amides is 1. The molecular formula is C19H23ClN2O4S. The van der Waals surface area contributed by atoms with Crippen LogP contribution in [0.3, 0.4) is 0 Å². The summed E-state index contributed by atoms with van der Waals surface area (Å²) in [6, 6.07) is 11.1. The van der Waals surface area contributed by atoms with Gasteiger partial charge < -0.3 is 10.1 Å². The van der Waals surface area contributed by atoms with Crippen molar-refractivity contribution in [3.05, 3.63) is 58.6 Å². The average molecular weight is 411 g/mol. The van der Waals surface area contributed by atoms with Gasteiger partial charge in [0.25, 0.3) is 0 Å². The number of carbonyl (C=O) groups is 1. The third-order valence-corrected chi connectivity index (χ3v) is 5.60. The van der Waals surface area contributed by atoms with Crippen molar-refractivity contribution < 1.29 is 17.9 Å². The first kappa shape index (κ1) is 21.2. The van der Waals surface area contributed by atoms with Crippen LogP contribution < -0.4 is 14.8 Å². The van der Waals surface area contributed by atoms with Gasteiger partial charge in [0.1, 0.15) is 10.6 Å². The van der Waals surface area contributed by atoms with Crippen molar-refractivity contribution in [3.8, 4) is 5.75 Å². The predicted octanol–water partition coefficient (Wildman–Crippen LogP) is 3.03. The van der Waals surface area contributed by atoms with Gasteiger partial charge in [-0.25, -0.2) is 8.42 Å². The van der Waals surface area contributed by atoms with Crippen LogP contribution in [0.4, 0.5) is 0 Å². The van der Waals surface area contributed by atoms with Crippen molar-refractivity contribution in [2.24, 2.45) is 0 Å². The number of nitrogens with one attached hydrogen (secondary N) is 2. The summed E-state index contributed by atoms with van der Waals surface area (Å²) >= 11 is 5.92. The topological polar surface area (TPSA) is 84.5 Å². The lowest BCUT2D eigenvalue weighted by molar-refractivity contribution is -0.122. The molecule has 8 heteroatoms. The molecule has 27 heavy (non-hydrogen) atoms. The van der Waals surface area contributed by atoms with E-state index in [0.29, 0.717) is 13.2 Å². The molecule has 2 N–H and O–H groups in total. The molecule has 0 spiro atoms. The Balaban J connectivity index is 2.07. The Bertz CT molecular complexity index is 898. The second-order valence-corrected chi connectivity index (χ2v) is 8.19. The van der Waals surface area contributed by atoms with Crippen LogP contribution >= 0.6 is 11.6 Å². The van der Waals surface area contributed by atoms with E-state index >= 15 is 0 Å². The Hall–Kier alpha value is -2.09. The summed E-state index contributed by atoms with van der Waals surface area (Å²) < 4.78 is 33.1. The van der Waals surface area contributed by atoms with Gasteiger partial charge in [0, 0.05) is 11.6 Å². The lowest BCUT2D eigenvalue weighted by Crippen LogP contribution is -2.44. The molecule has 0 heterocycles. The number of ether oxygens (including phenoxy) is 1. The van der Waals surface area contributed by atoms with Gasteiger partial charge in [-0.3, -0.25) is 4.79 Å². The Morgan fingerprint density at radius 1 is 1.19 bits per heavy atom. The maximum Gasteiger partial charge on any atom is 0.245 e. The molecule has 0 aliphatic carbocycles. The first-order valence-corrected chi connectivity index (χ1v) is 10.4. The molecule has 2 aromatic rings. The molecule has 0 bridgehead atoms. The van der Waals surface area contributed by atoms with Crippen molar-refractivity contribution in [1.82, 2.24) is 10.0 Å². The molecule has 2 rings (SSSR count). The lowest BCUT2D eigenvalue weighted by Gasteiger charge is -2.16. The van der Waals surface area contributed by atoms with Crippen LogP contribution in [0.15, 0.2) is 47.4 Å². The lowest BCUT2D eigenvalue weighted by atomic mass is 10.1. The summed E-state index contributed by atoms with van der Waals surface area (Å²) in [7, 11) is -3.99. The SMILES string of the molecule is CCOc1ccc(Cl)cc1S(=O)(=O)NC(C)C(=O)NCc1ccc(C)cc1. The van der Waals surface area contributed by atoms with E-state index in [4.69, 9.17) is 16.3 Å². The summed E-state index contributed by atoms with van der Waals surface area (Å²) in [6.07, 6.45) is 0. The Kier molecular flexibility index (Phi) is 7.24. The van der Waals surface area contributed by atoms with Crippen molar-refractivity contribution >= 4 is 27.5 Å². The van der Waals surface area contributed by atoms with E-state index < -0.39 is 22.0 Å². The maximum atomic E-state index is 12.7. The highest BCUT2D eigenvalue weighted by Crippen LogP contribution is 2.27. The number of hydrogen-bond acceptors (Lipinski definition) is 4. The Labute approximate surface area is 164 Å². The normalized spacial score (nSPS) is 12.4. The summed E-state index contributed by atoms with van der Waals surface area (Å²) in [5, 5.41) is 2.98. The molecule has 6 nitrogen and oxygen atoms in total. The molecule has 0 fully saturated rings. The van der Waals surface area contributed by atoms with Crippen LogP contribution in [0.5, 0.6) is 5.75 Å². The van der Waals surface area contributed by atoms with Crippen LogP contribution in [0.2, 0.25) is 5.02 Å². The van der Waals surface area contributed by atoms with Crippen LogP contribution in [0, 0.1) is 6.92 Å². The number of rotatable bonds is 8. The second-order valence-electron chi connectivity index (χ2n) is 6.07. The van der Waals surface area contributed by atoms with Crippen molar-refractivity contribution in [3.63, 3.8) is 0 Å². The fourth-order valence-corrected chi connectivity index (χ4v) is 3.97. The van der Waals surface area contributed by atoms with Crippen LogP contribution in [-0.4, -0.2) is 27.0 Å². The third kappa shape index (κ3) is 5.95. The molecule has 1 amide bonds. The highest BCUT2D eigenvalue weighted by atomic mass is 35.5. The van der Waals surface area contributed by atoms with Gasteiger partial charge in [-0.1, -0.05) is 41.4 Å². The molecule has 0 aromatic heterocycles. The minimum Gasteiger partial charge on any atom is -0.492 e. The van der Waals surface area contributed by atoms with Crippen molar-refractivity contribution in [2.45, 2.75) is 38.3 Å². The number of hydrogen-bond donors (Lipinski definition) is 2. The Morgan fingerprint density at radius 2 is 1.85 bits per heavy atom. The number of benzene rings is 2. The van der Waals surface area contributed by atoms with Gasteiger partial charge in [0.05, 0.1) is 12.6 Å². The van der Waals surface area contributed by atoms with E-state index in [1.54, 1.807) is 13.0 Å². The highest BCUT2D eigenvalue weighted by molar-refractivity contribution is 7.89. The third-order valence-electron chi connectivity index (χ3n) is 3.81. The average Bonchev–Trinajstić information content (AvgIpc) is 2.62. The van der Waals surface area contributed by atoms with Gasteiger partial charge in [0.15, 0.2) is 0 Å². The Morgan fingerprint density at radius 3 is 2.48 bits per heavy atom. The van der Waals surface area contributed by atoms with Gasteiger partial charge in [-0.2, -0.15) is 4.72 Å². The van der Waals surface area contributed by atoms with Gasteiger partial charge in [0.2, 0.25) is 15.9 Å². The van der Waals surface area contributed by atoms with E-state index in [0.717, 1.165) is 11.1 Å². The van der Waals surface area contributed by atoms with Crippen molar-refractivity contribution in [1.29, 1.82) is 0 Å². The number of sulfonamides is 1. The molecule has 1 unspecified atom stereocenters. The molecule has 0 aliphatic rings. The molecular weight excluding hydrogens is 388 g/mol. The summed E-state index contributed by atoms with van der Waals surface area (Å²) in [6.45, 7) is 5.82. The second kappa shape index (κ2) is 9.21. The number of carbonyl (C=O) groups excluding carboxylic acids is 1. The molecule has 1 atom stereocenters. The standard InChI is InChI=1S/C19H23ClN2O4S/c1-4-26-17-10-9-16(20)11-18(17)27(24,25)22-14(3)19(23)21-12-15-7-5-13(2)6-8-15/h5-11,14,22H,4,12H2,1-3H3,(H,21,23). The summed E-state index contributed by atoms with van der Waals surface area (Å²) in [4.78, 5) is 12.2. The molecule has 0 saturated heterocycles. The smallest absolute Gasteiger partial charge is 0.245 e. The van der Waals surface area contributed by atoms with Gasteiger partial charge in [-0.15, -0.1) is 0 Å². The summed E-state index contributed by atoms with van der Waals surface area (Å²) in [5.41, 5.74) is 2.05. The van der Waals surface area contributed by atoms with Crippen molar-refractivity contribution in [2.75, 3.05) is 6.61 Å². The molecule has 0 aliphatic heterocycles. The molecule has 2 aromatic carbocycles. The largest absolute Gasteiger partial charge is 0.492 e. The molecule has 0 saturated carbocycles. The van der Waals surface area contributed by atoms with Gasteiger partial charge in [-0.05, 0) is 44.5 Å². The minimum atomic E-state index is -3.99. The van der Waals surface area contributed by atoms with E-state index in [9.17, 15) is 13.2 Å². The van der Waals surface area contributed by atoms with E-state index in [1.807, 2.05) is 31.2 Å². The summed E-state index contributed by atoms with van der Waals surface area (Å²) in [5.74, 6) is -0.249. The number of aryl methyl sites for hydroxylation is 1. The zero-order chi connectivity index (χ0) is 20.0. The number of halogens is 1. The zero-order valence-corrected chi connectivity index (χ0v) is 17.0. The highest BCUT2D eigenvalue weighted by Gasteiger charge is 2.25. The van der Waals surface area contributed by atoms with E-state index in [-0.39, 0.29) is 15.7 Å². The van der Waals surface area contributed by atoms with Crippen LogP contribution in [0.1, 0.15) is 25.0 Å². The van der Waals surface area contributed by atoms with Crippen LogP contribution in [0.25, 0.3) is 0 Å². The van der Waals surface area contributed by atoms with E-state index in [1.165, 1.54) is 19.1 Å². The monoisotopic (exact) mass is 410 g/mol. The quantitative estimate of drug-likeness (QED) is 0.700. The van der Waals surface area contributed by atoms with E-state index in [2.05, 4.69) is 10.0 Å². The predicted molar refractivity (Wildman–Crippen MR) is 105 cm³/mol. The fourth-order valence-electron chi connectivity index (χ4n) is 2.36. The zero-order valence-electron chi connectivity index (χ0n) is 15.5. The van der Waals surface area contributed by atoms with Crippen LogP contribution in [-0.2, 0) is 21.4 Å². The molecule has 146 valence electrons. The first-order valence-electron chi connectivity index (χ1n) is 8.51.